The fourth-order valence-corrected chi connectivity index (χ4v) is 1.56. The molecule has 0 aliphatic heterocycles. The van der Waals surface area contributed by atoms with E-state index in [0.29, 0.717) is 6.42 Å². The molecule has 0 N–H and O–H groups in total. The molecule has 0 amide bonds. The minimum absolute atomic E-state index is 0.0554. The second kappa shape index (κ2) is 3.10. The average molecular weight is 178 g/mol. The summed E-state index contributed by atoms with van der Waals surface area (Å²) in [7, 11) is 0. The maximum atomic E-state index is 11.1. The van der Waals surface area contributed by atoms with Crippen LogP contribution in [0.3, 0.4) is 0 Å². The summed E-state index contributed by atoms with van der Waals surface area (Å²) in [6, 6.07) is 0. The first-order valence-corrected chi connectivity index (χ1v) is 7.88. The van der Waals surface area contributed by atoms with Gasteiger partial charge < -0.3 is 0 Å². The Labute approximate surface area is 69.3 Å². The Balaban J connectivity index is 3.96. The first kappa shape index (κ1) is 10.9. The van der Waals surface area contributed by atoms with Crippen molar-refractivity contribution in [3.8, 4) is 0 Å². The Morgan fingerprint density at radius 1 is 1.27 bits per heavy atom. The quantitative estimate of drug-likeness (QED) is 0.620. The molecule has 0 aliphatic rings. The van der Waals surface area contributed by atoms with Crippen LogP contribution >= 0.6 is 6.83 Å². The molecule has 68 valence electrons. The summed E-state index contributed by atoms with van der Waals surface area (Å²) in [5.74, 6) is -0.0554. The van der Waals surface area contributed by atoms with E-state index in [1.165, 1.54) is 0 Å². The van der Waals surface area contributed by atoms with Gasteiger partial charge in [-0.1, -0.05) is 0 Å². The van der Waals surface area contributed by atoms with E-state index in [9.17, 15) is 4.79 Å². The van der Waals surface area contributed by atoms with Crippen molar-refractivity contribution in [3.63, 3.8) is 0 Å². The summed E-state index contributed by atoms with van der Waals surface area (Å²) in [5.41, 5.74) is 0. The van der Waals surface area contributed by atoms with Gasteiger partial charge in [0.1, 0.15) is 0 Å². The molecule has 0 saturated carbocycles. The molecule has 0 fully saturated rings. The van der Waals surface area contributed by atoms with Crippen LogP contribution < -0.4 is 0 Å². The summed E-state index contributed by atoms with van der Waals surface area (Å²) >= 11 is 0. The molecule has 0 heterocycles. The van der Waals surface area contributed by atoms with E-state index in [-0.39, 0.29) is 5.97 Å². The molecule has 3 heteroatoms. The predicted molar refractivity (Wildman–Crippen MR) is 51.6 cm³/mol. The topological polar surface area (TPSA) is 26.3 Å². The molecule has 0 rings (SSSR count). The van der Waals surface area contributed by atoms with Gasteiger partial charge in [0.25, 0.3) is 0 Å². The van der Waals surface area contributed by atoms with Crippen molar-refractivity contribution in [2.24, 2.45) is 0 Å². The van der Waals surface area contributed by atoms with Gasteiger partial charge in [0.2, 0.25) is 0 Å². The van der Waals surface area contributed by atoms with Crippen LogP contribution in [0.2, 0.25) is 0 Å². The van der Waals surface area contributed by atoms with E-state index >= 15 is 0 Å². The van der Waals surface area contributed by atoms with Gasteiger partial charge in [-0.2, -0.15) is 0 Å². The van der Waals surface area contributed by atoms with Gasteiger partial charge in [-0.3, -0.25) is 0 Å². The van der Waals surface area contributed by atoms with Gasteiger partial charge in [0.15, 0.2) is 0 Å². The van der Waals surface area contributed by atoms with Gasteiger partial charge in [-0.15, -0.1) is 0 Å². The van der Waals surface area contributed by atoms with Crippen molar-refractivity contribution in [1.82, 2.24) is 0 Å². The van der Waals surface area contributed by atoms with Crippen LogP contribution in [0, 0.1) is 0 Å². The first-order valence-electron chi connectivity index (χ1n) is 3.94. The van der Waals surface area contributed by atoms with Gasteiger partial charge in [0, 0.05) is 0 Å². The van der Waals surface area contributed by atoms with Crippen molar-refractivity contribution in [2.45, 2.75) is 19.8 Å². The van der Waals surface area contributed by atoms with Crippen LogP contribution in [-0.2, 0) is 9.32 Å². The standard InChI is InChI=1S/C8H19O2P/c1-6-7-8(9)10-11(2,3,4)5/h6-7H2,1-5H3. The molecule has 11 heavy (non-hydrogen) atoms. The predicted octanol–water partition coefficient (Wildman–Crippen LogP) is 2.32. The van der Waals surface area contributed by atoms with E-state index < -0.39 is 6.83 Å². The molecule has 0 radical (unpaired) electrons. The van der Waals surface area contributed by atoms with Gasteiger partial charge in [-0.05, 0) is 0 Å². The van der Waals surface area contributed by atoms with Crippen molar-refractivity contribution >= 4 is 12.8 Å². The van der Waals surface area contributed by atoms with Gasteiger partial charge >= 0.3 is 68.5 Å². The fourth-order valence-electron chi connectivity index (χ4n) is 0.657. The second-order valence-electron chi connectivity index (χ2n) is 4.63. The first-order chi connectivity index (χ1) is 4.71. The van der Waals surface area contributed by atoms with E-state index in [1.807, 2.05) is 33.6 Å². The number of hydrogen-bond donors (Lipinski definition) is 0. The number of carbonyl (C=O) groups is 1. The Hall–Kier alpha value is -0.100. The van der Waals surface area contributed by atoms with E-state index in [0.717, 1.165) is 6.42 Å². The van der Waals surface area contributed by atoms with Crippen molar-refractivity contribution < 1.29 is 9.32 Å². The monoisotopic (exact) mass is 178 g/mol. The van der Waals surface area contributed by atoms with E-state index in [1.54, 1.807) is 0 Å². The van der Waals surface area contributed by atoms with Crippen LogP contribution in [0.4, 0.5) is 0 Å². The summed E-state index contributed by atoms with van der Waals surface area (Å²) in [4.78, 5) is 11.1. The third-order valence-corrected chi connectivity index (χ3v) is 1.86. The average Bonchev–Trinajstić information content (AvgIpc) is 1.56. The van der Waals surface area contributed by atoms with E-state index in [4.69, 9.17) is 4.52 Å². The normalized spacial score (nSPS) is 15.2. The molecule has 0 spiro atoms. The summed E-state index contributed by atoms with van der Waals surface area (Å²) in [6.07, 6.45) is 1.41. The molecule has 2 nitrogen and oxygen atoms in total. The molecule has 0 aromatic heterocycles. The van der Waals surface area contributed by atoms with Crippen LogP contribution in [0.5, 0.6) is 0 Å². The molecule has 0 bridgehead atoms. The third kappa shape index (κ3) is 7.80. The van der Waals surface area contributed by atoms with E-state index in [2.05, 4.69) is 0 Å². The molecule has 0 aliphatic carbocycles. The van der Waals surface area contributed by atoms with Crippen LogP contribution in [0.1, 0.15) is 19.8 Å². The maximum absolute atomic E-state index is 11.1. The van der Waals surface area contributed by atoms with Gasteiger partial charge in [0.05, 0.1) is 0 Å². The minimum atomic E-state index is -2.06. The molecule has 0 unspecified atom stereocenters. The fraction of sp³-hybridized carbons (Fsp3) is 0.875. The number of rotatable bonds is 3. The molecule has 0 aromatic rings. The third-order valence-electron chi connectivity index (χ3n) is 0.921. The summed E-state index contributed by atoms with van der Waals surface area (Å²) in [5, 5.41) is 0. The molecule has 0 saturated heterocycles. The SMILES string of the molecule is CCCC(=O)OP(C)(C)(C)C. The van der Waals surface area contributed by atoms with Crippen LogP contribution in [0.25, 0.3) is 0 Å². The zero-order chi connectivity index (χ0) is 9.15. The molecular formula is C8H19O2P. The Morgan fingerprint density at radius 2 is 1.73 bits per heavy atom. The summed E-state index contributed by atoms with van der Waals surface area (Å²) < 4.78 is 5.36. The summed E-state index contributed by atoms with van der Waals surface area (Å²) in [6.45, 7) is 8.03. The van der Waals surface area contributed by atoms with Crippen LogP contribution in [-0.4, -0.2) is 32.6 Å². The molecular weight excluding hydrogens is 159 g/mol. The molecule has 0 atom stereocenters. The second-order valence-corrected chi connectivity index (χ2v) is 11.6. The number of carbonyl (C=O) groups excluding carboxylic acids is 1. The number of hydrogen-bond acceptors (Lipinski definition) is 2. The Bertz CT molecular complexity index is 146. The zero-order valence-electron chi connectivity index (χ0n) is 8.18. The van der Waals surface area contributed by atoms with Crippen molar-refractivity contribution in [2.75, 3.05) is 26.7 Å². The van der Waals surface area contributed by atoms with Crippen molar-refractivity contribution in [1.29, 1.82) is 0 Å². The van der Waals surface area contributed by atoms with Crippen LogP contribution in [0.15, 0.2) is 0 Å². The Morgan fingerprint density at radius 3 is 2.00 bits per heavy atom. The van der Waals surface area contributed by atoms with Gasteiger partial charge in [-0.25, -0.2) is 0 Å². The van der Waals surface area contributed by atoms with Crippen molar-refractivity contribution in [3.05, 3.63) is 0 Å². The molecule has 0 aromatic carbocycles. The Kier molecular flexibility index (Phi) is 3.07. The zero-order valence-corrected chi connectivity index (χ0v) is 9.07.